The first kappa shape index (κ1) is 14.5. The number of hydrogen-bond donors (Lipinski definition) is 2. The van der Waals surface area contributed by atoms with E-state index in [1.807, 2.05) is 18.2 Å². The lowest BCUT2D eigenvalue weighted by molar-refractivity contribution is 0.190. The molecule has 0 fully saturated rings. The Morgan fingerprint density at radius 3 is 2.71 bits per heavy atom. The number of aliphatic hydroxyl groups is 2. The molecule has 0 amide bonds. The van der Waals surface area contributed by atoms with Crippen molar-refractivity contribution in [3.63, 3.8) is 0 Å². The smallest absolute Gasteiger partial charge is 0.126 e. The van der Waals surface area contributed by atoms with Gasteiger partial charge in [-0.3, -0.25) is 0 Å². The molecule has 0 radical (unpaired) electrons. The lowest BCUT2D eigenvalue weighted by Crippen LogP contribution is -2.02. The number of aliphatic hydroxyl groups excluding tert-OH is 2. The number of benzene rings is 1. The van der Waals surface area contributed by atoms with Crippen molar-refractivity contribution in [2.24, 2.45) is 0 Å². The molecular weight excluding hydrogens is 284 g/mol. The third-order valence-corrected chi connectivity index (χ3v) is 2.98. The molecule has 0 heterocycles. The third-order valence-electron chi connectivity index (χ3n) is 2.49. The molecule has 0 aliphatic rings. The van der Waals surface area contributed by atoms with E-state index in [9.17, 15) is 5.11 Å². The van der Waals surface area contributed by atoms with E-state index >= 15 is 0 Å². The summed E-state index contributed by atoms with van der Waals surface area (Å²) in [6, 6.07) is 5.62. The van der Waals surface area contributed by atoms with Gasteiger partial charge in [0.05, 0.1) is 12.7 Å². The standard InChI is InChI=1S/C13H19BrO3/c1-10(16)12-6-5-11(14)9-13(12)17-8-4-2-3-7-15/h5-6,9-10,15-16H,2-4,7-8H2,1H3. The van der Waals surface area contributed by atoms with Crippen LogP contribution in [0.4, 0.5) is 0 Å². The summed E-state index contributed by atoms with van der Waals surface area (Å²) in [6.07, 6.45) is 2.14. The molecule has 96 valence electrons. The fraction of sp³-hybridized carbons (Fsp3) is 0.538. The summed E-state index contributed by atoms with van der Waals surface area (Å²) >= 11 is 3.38. The average molecular weight is 303 g/mol. The van der Waals surface area contributed by atoms with Crippen molar-refractivity contribution >= 4 is 15.9 Å². The zero-order chi connectivity index (χ0) is 12.7. The third kappa shape index (κ3) is 5.06. The van der Waals surface area contributed by atoms with Gasteiger partial charge in [0.25, 0.3) is 0 Å². The molecule has 0 saturated heterocycles. The largest absolute Gasteiger partial charge is 0.493 e. The van der Waals surface area contributed by atoms with Gasteiger partial charge in [-0.1, -0.05) is 22.0 Å². The van der Waals surface area contributed by atoms with Crippen molar-refractivity contribution in [2.75, 3.05) is 13.2 Å². The topological polar surface area (TPSA) is 49.7 Å². The quantitative estimate of drug-likeness (QED) is 0.761. The molecule has 3 nitrogen and oxygen atoms in total. The van der Waals surface area contributed by atoms with Crippen LogP contribution in [-0.2, 0) is 0 Å². The van der Waals surface area contributed by atoms with Gasteiger partial charge in [-0.25, -0.2) is 0 Å². The fourth-order valence-corrected chi connectivity index (χ4v) is 1.89. The van der Waals surface area contributed by atoms with Crippen LogP contribution in [0, 0.1) is 0 Å². The van der Waals surface area contributed by atoms with E-state index in [0.717, 1.165) is 35.0 Å². The number of unbranched alkanes of at least 4 members (excludes halogenated alkanes) is 2. The lowest BCUT2D eigenvalue weighted by atomic mass is 10.1. The highest BCUT2D eigenvalue weighted by molar-refractivity contribution is 9.10. The van der Waals surface area contributed by atoms with E-state index in [0.29, 0.717) is 6.61 Å². The SMILES string of the molecule is CC(O)c1ccc(Br)cc1OCCCCCO. The van der Waals surface area contributed by atoms with Crippen LogP contribution in [0.2, 0.25) is 0 Å². The van der Waals surface area contributed by atoms with Crippen LogP contribution in [0.1, 0.15) is 37.9 Å². The summed E-state index contributed by atoms with van der Waals surface area (Å²) in [5.74, 6) is 0.721. The molecule has 0 saturated carbocycles. The van der Waals surface area contributed by atoms with Gasteiger partial charge in [0.1, 0.15) is 5.75 Å². The van der Waals surface area contributed by atoms with Crippen molar-refractivity contribution in [2.45, 2.75) is 32.3 Å². The van der Waals surface area contributed by atoms with Crippen LogP contribution >= 0.6 is 15.9 Å². The zero-order valence-electron chi connectivity index (χ0n) is 10.0. The number of hydrogen-bond acceptors (Lipinski definition) is 3. The summed E-state index contributed by atoms with van der Waals surface area (Å²) < 4.78 is 6.59. The first-order chi connectivity index (χ1) is 8.15. The van der Waals surface area contributed by atoms with E-state index in [2.05, 4.69) is 15.9 Å². The Bertz CT molecular complexity index is 339. The minimum atomic E-state index is -0.532. The van der Waals surface area contributed by atoms with Crippen LogP contribution < -0.4 is 4.74 Å². The lowest BCUT2D eigenvalue weighted by Gasteiger charge is -2.13. The Balaban J connectivity index is 2.53. The molecule has 1 aromatic rings. The average Bonchev–Trinajstić information content (AvgIpc) is 2.28. The highest BCUT2D eigenvalue weighted by Crippen LogP contribution is 2.28. The minimum Gasteiger partial charge on any atom is -0.493 e. The highest BCUT2D eigenvalue weighted by Gasteiger charge is 2.09. The molecule has 1 rings (SSSR count). The Hall–Kier alpha value is -0.580. The van der Waals surface area contributed by atoms with Gasteiger partial charge < -0.3 is 14.9 Å². The van der Waals surface area contributed by atoms with Crippen molar-refractivity contribution in [1.82, 2.24) is 0 Å². The monoisotopic (exact) mass is 302 g/mol. The summed E-state index contributed by atoms with van der Waals surface area (Å²) in [5, 5.41) is 18.3. The second-order valence-corrected chi connectivity index (χ2v) is 4.91. The minimum absolute atomic E-state index is 0.232. The first-order valence-electron chi connectivity index (χ1n) is 5.86. The summed E-state index contributed by atoms with van der Waals surface area (Å²) in [5.41, 5.74) is 0.801. The Kier molecular flexibility index (Phi) is 6.55. The first-order valence-corrected chi connectivity index (χ1v) is 6.65. The molecule has 1 atom stereocenters. The van der Waals surface area contributed by atoms with Crippen molar-refractivity contribution in [1.29, 1.82) is 0 Å². The van der Waals surface area contributed by atoms with Gasteiger partial charge in [0.15, 0.2) is 0 Å². The normalized spacial score (nSPS) is 12.5. The Morgan fingerprint density at radius 1 is 1.29 bits per heavy atom. The molecule has 0 bridgehead atoms. The van der Waals surface area contributed by atoms with Crippen LogP contribution in [-0.4, -0.2) is 23.4 Å². The van der Waals surface area contributed by atoms with Crippen LogP contribution in [0.15, 0.2) is 22.7 Å². The fourth-order valence-electron chi connectivity index (χ4n) is 1.55. The molecular formula is C13H19BrO3. The van der Waals surface area contributed by atoms with Crippen LogP contribution in [0.3, 0.4) is 0 Å². The van der Waals surface area contributed by atoms with Gasteiger partial charge in [-0.15, -0.1) is 0 Å². The molecule has 4 heteroatoms. The summed E-state index contributed by atoms with van der Waals surface area (Å²) in [7, 11) is 0. The summed E-state index contributed by atoms with van der Waals surface area (Å²) in [6.45, 7) is 2.56. The zero-order valence-corrected chi connectivity index (χ0v) is 11.6. The van der Waals surface area contributed by atoms with E-state index in [4.69, 9.17) is 9.84 Å². The van der Waals surface area contributed by atoms with Crippen molar-refractivity contribution < 1.29 is 14.9 Å². The van der Waals surface area contributed by atoms with Gasteiger partial charge >= 0.3 is 0 Å². The molecule has 1 aromatic carbocycles. The number of halogens is 1. The second kappa shape index (κ2) is 7.69. The van der Waals surface area contributed by atoms with E-state index in [1.54, 1.807) is 6.92 Å². The molecule has 2 N–H and O–H groups in total. The Morgan fingerprint density at radius 2 is 2.06 bits per heavy atom. The number of rotatable bonds is 7. The predicted molar refractivity (Wildman–Crippen MR) is 71.2 cm³/mol. The molecule has 0 aliphatic heterocycles. The maximum absolute atomic E-state index is 9.61. The molecule has 0 aromatic heterocycles. The van der Waals surface area contributed by atoms with Gasteiger partial charge in [0.2, 0.25) is 0 Å². The highest BCUT2D eigenvalue weighted by atomic mass is 79.9. The van der Waals surface area contributed by atoms with Gasteiger partial charge in [-0.2, -0.15) is 0 Å². The Labute approximate surface area is 111 Å². The second-order valence-electron chi connectivity index (χ2n) is 3.99. The number of ether oxygens (including phenoxy) is 1. The van der Waals surface area contributed by atoms with Crippen LogP contribution in [0.25, 0.3) is 0 Å². The molecule has 17 heavy (non-hydrogen) atoms. The maximum Gasteiger partial charge on any atom is 0.126 e. The van der Waals surface area contributed by atoms with Gasteiger partial charge in [0, 0.05) is 16.6 Å². The van der Waals surface area contributed by atoms with E-state index < -0.39 is 6.10 Å². The maximum atomic E-state index is 9.61. The molecule has 0 spiro atoms. The van der Waals surface area contributed by atoms with Crippen molar-refractivity contribution in [3.05, 3.63) is 28.2 Å². The van der Waals surface area contributed by atoms with Gasteiger partial charge in [-0.05, 0) is 38.3 Å². The van der Waals surface area contributed by atoms with E-state index in [-0.39, 0.29) is 6.61 Å². The predicted octanol–water partition coefficient (Wildman–Crippen LogP) is 3.04. The van der Waals surface area contributed by atoms with Crippen molar-refractivity contribution in [3.8, 4) is 5.75 Å². The van der Waals surface area contributed by atoms with Crippen LogP contribution in [0.5, 0.6) is 5.75 Å². The molecule has 1 unspecified atom stereocenters. The molecule has 0 aliphatic carbocycles. The van der Waals surface area contributed by atoms with E-state index in [1.165, 1.54) is 0 Å². The summed E-state index contributed by atoms with van der Waals surface area (Å²) in [4.78, 5) is 0.